The minimum Gasteiger partial charge on any atom is -0.316 e. The van der Waals surface area contributed by atoms with Gasteiger partial charge in [0.05, 0.1) is 0 Å². The number of allylic oxidation sites excluding steroid dienone is 2. The molecule has 1 fully saturated rings. The lowest BCUT2D eigenvalue weighted by Crippen LogP contribution is -2.27. The van der Waals surface area contributed by atoms with Crippen molar-refractivity contribution in [1.82, 2.24) is 4.90 Å². The summed E-state index contributed by atoms with van der Waals surface area (Å²) in [6, 6.07) is 0. The normalized spacial score (nSPS) is 30.1. The lowest BCUT2D eigenvalue weighted by molar-refractivity contribution is -0.126. The molecule has 1 saturated heterocycles. The van der Waals surface area contributed by atoms with Crippen molar-refractivity contribution < 1.29 is 4.79 Å². The first-order valence-electron chi connectivity index (χ1n) is 5.79. The van der Waals surface area contributed by atoms with Crippen LogP contribution in [0.4, 0.5) is 0 Å². The van der Waals surface area contributed by atoms with Crippen LogP contribution in [0.25, 0.3) is 0 Å². The van der Waals surface area contributed by atoms with Crippen molar-refractivity contribution in [2.24, 2.45) is 5.41 Å². The Bertz CT molecular complexity index is 318. The van der Waals surface area contributed by atoms with Gasteiger partial charge in [0.2, 0.25) is 5.91 Å². The molecule has 15 heavy (non-hydrogen) atoms. The molecule has 0 aromatic carbocycles. The van der Waals surface area contributed by atoms with Crippen molar-refractivity contribution in [1.29, 1.82) is 0 Å². The molecule has 1 atom stereocenters. The van der Waals surface area contributed by atoms with Crippen LogP contribution in [0, 0.1) is 5.41 Å². The Labute approximate surface area is 91.6 Å². The Morgan fingerprint density at radius 1 is 1.67 bits per heavy atom. The van der Waals surface area contributed by atoms with Crippen molar-refractivity contribution in [2.75, 3.05) is 6.54 Å². The number of rotatable bonds is 3. The molecule has 2 heteroatoms. The van der Waals surface area contributed by atoms with E-state index in [2.05, 4.69) is 19.6 Å². The standard InChI is InChI=1S/C13H19NO/c1-3-4-9-14-11-7-5-6-8-13(11,2)10-12(14)15/h3,7H,1,4-6,8-10H2,2H3. The van der Waals surface area contributed by atoms with E-state index in [4.69, 9.17) is 0 Å². The molecule has 0 spiro atoms. The van der Waals surface area contributed by atoms with Crippen LogP contribution in [-0.4, -0.2) is 17.4 Å². The van der Waals surface area contributed by atoms with Crippen molar-refractivity contribution in [3.63, 3.8) is 0 Å². The van der Waals surface area contributed by atoms with E-state index in [0.717, 1.165) is 25.8 Å². The summed E-state index contributed by atoms with van der Waals surface area (Å²) in [4.78, 5) is 13.9. The highest BCUT2D eigenvalue weighted by molar-refractivity contribution is 5.83. The summed E-state index contributed by atoms with van der Waals surface area (Å²) in [6.45, 7) is 6.75. The zero-order chi connectivity index (χ0) is 10.9. The maximum Gasteiger partial charge on any atom is 0.227 e. The molecule has 1 aliphatic heterocycles. The summed E-state index contributed by atoms with van der Waals surface area (Å²) in [6.07, 6.45) is 9.25. The number of fused-ring (bicyclic) bond motifs is 1. The molecule has 82 valence electrons. The summed E-state index contributed by atoms with van der Waals surface area (Å²) in [7, 11) is 0. The largest absolute Gasteiger partial charge is 0.316 e. The molecule has 1 heterocycles. The fraction of sp³-hybridized carbons (Fsp3) is 0.615. The predicted molar refractivity (Wildman–Crippen MR) is 61.2 cm³/mol. The van der Waals surface area contributed by atoms with Gasteiger partial charge in [-0.2, -0.15) is 0 Å². The van der Waals surface area contributed by atoms with Gasteiger partial charge in [-0.15, -0.1) is 6.58 Å². The number of hydrogen-bond donors (Lipinski definition) is 0. The minimum atomic E-state index is 0.135. The van der Waals surface area contributed by atoms with Gasteiger partial charge < -0.3 is 4.90 Å². The third-order valence-electron chi connectivity index (χ3n) is 3.58. The molecule has 1 amide bonds. The molecule has 1 unspecified atom stereocenters. The quantitative estimate of drug-likeness (QED) is 0.649. The number of nitrogens with zero attached hydrogens (tertiary/aromatic N) is 1. The van der Waals surface area contributed by atoms with Gasteiger partial charge in [0.1, 0.15) is 0 Å². The predicted octanol–water partition coefficient (Wildman–Crippen LogP) is 2.87. The molecule has 2 aliphatic rings. The zero-order valence-electron chi connectivity index (χ0n) is 9.46. The Balaban J connectivity index is 2.20. The van der Waals surface area contributed by atoms with Gasteiger partial charge in [0, 0.05) is 24.1 Å². The fourth-order valence-corrected chi connectivity index (χ4v) is 2.75. The maximum atomic E-state index is 11.9. The molecule has 0 aromatic rings. The number of amides is 1. The Morgan fingerprint density at radius 2 is 2.47 bits per heavy atom. The average molecular weight is 205 g/mol. The van der Waals surface area contributed by atoms with Crippen LogP contribution in [0.15, 0.2) is 24.4 Å². The highest BCUT2D eigenvalue weighted by Crippen LogP contribution is 2.47. The van der Waals surface area contributed by atoms with Gasteiger partial charge in [-0.25, -0.2) is 0 Å². The second kappa shape index (κ2) is 3.84. The summed E-state index contributed by atoms with van der Waals surface area (Å²) < 4.78 is 0. The second-order valence-corrected chi connectivity index (χ2v) is 4.84. The lowest BCUT2D eigenvalue weighted by atomic mass is 9.77. The molecular formula is C13H19NO. The third-order valence-corrected chi connectivity index (χ3v) is 3.58. The summed E-state index contributed by atoms with van der Waals surface area (Å²) in [5.41, 5.74) is 1.41. The molecule has 0 bridgehead atoms. The summed E-state index contributed by atoms with van der Waals surface area (Å²) in [5, 5.41) is 0. The molecule has 0 aromatic heterocycles. The molecule has 0 saturated carbocycles. The molecular weight excluding hydrogens is 186 g/mol. The molecule has 0 radical (unpaired) electrons. The van der Waals surface area contributed by atoms with Gasteiger partial charge in [-0.05, 0) is 25.7 Å². The van der Waals surface area contributed by atoms with E-state index < -0.39 is 0 Å². The van der Waals surface area contributed by atoms with Crippen LogP contribution in [-0.2, 0) is 4.79 Å². The van der Waals surface area contributed by atoms with E-state index in [1.54, 1.807) is 0 Å². The maximum absolute atomic E-state index is 11.9. The van der Waals surface area contributed by atoms with Gasteiger partial charge >= 0.3 is 0 Å². The minimum absolute atomic E-state index is 0.135. The van der Waals surface area contributed by atoms with Crippen LogP contribution in [0.3, 0.4) is 0 Å². The SMILES string of the molecule is C=CCCN1C(=O)CC2(C)CCCC=C12. The Morgan fingerprint density at radius 3 is 3.20 bits per heavy atom. The van der Waals surface area contributed by atoms with Crippen molar-refractivity contribution in [3.8, 4) is 0 Å². The molecule has 0 N–H and O–H groups in total. The topological polar surface area (TPSA) is 20.3 Å². The van der Waals surface area contributed by atoms with Crippen LogP contribution in [0.2, 0.25) is 0 Å². The first-order valence-corrected chi connectivity index (χ1v) is 5.79. The summed E-state index contributed by atoms with van der Waals surface area (Å²) >= 11 is 0. The van der Waals surface area contributed by atoms with E-state index >= 15 is 0 Å². The van der Waals surface area contributed by atoms with Crippen LogP contribution in [0.1, 0.15) is 39.0 Å². The van der Waals surface area contributed by atoms with Gasteiger partial charge in [-0.1, -0.05) is 19.1 Å². The first-order chi connectivity index (χ1) is 7.17. The third kappa shape index (κ3) is 1.73. The Hall–Kier alpha value is -1.05. The van der Waals surface area contributed by atoms with Crippen molar-refractivity contribution in [3.05, 3.63) is 24.4 Å². The number of hydrogen-bond acceptors (Lipinski definition) is 1. The van der Waals surface area contributed by atoms with Crippen molar-refractivity contribution in [2.45, 2.75) is 39.0 Å². The fourth-order valence-electron chi connectivity index (χ4n) is 2.75. The lowest BCUT2D eigenvalue weighted by Gasteiger charge is -2.31. The van der Waals surface area contributed by atoms with E-state index in [1.165, 1.54) is 12.1 Å². The van der Waals surface area contributed by atoms with Gasteiger partial charge in [0.15, 0.2) is 0 Å². The van der Waals surface area contributed by atoms with Crippen LogP contribution in [0.5, 0.6) is 0 Å². The zero-order valence-corrected chi connectivity index (χ0v) is 9.46. The number of carbonyl (C=O) groups is 1. The molecule has 1 aliphatic carbocycles. The highest BCUT2D eigenvalue weighted by atomic mass is 16.2. The van der Waals surface area contributed by atoms with Crippen LogP contribution >= 0.6 is 0 Å². The van der Waals surface area contributed by atoms with Gasteiger partial charge in [-0.3, -0.25) is 4.79 Å². The van der Waals surface area contributed by atoms with E-state index in [9.17, 15) is 4.79 Å². The van der Waals surface area contributed by atoms with E-state index in [0.29, 0.717) is 12.3 Å². The van der Waals surface area contributed by atoms with Gasteiger partial charge in [0.25, 0.3) is 0 Å². The monoisotopic (exact) mass is 205 g/mol. The number of likely N-dealkylation sites (tertiary alicyclic amines) is 1. The summed E-state index contributed by atoms with van der Waals surface area (Å²) in [5.74, 6) is 0.299. The molecule has 2 nitrogen and oxygen atoms in total. The van der Waals surface area contributed by atoms with Crippen molar-refractivity contribution >= 4 is 5.91 Å². The smallest absolute Gasteiger partial charge is 0.227 e. The Kier molecular flexibility index (Phi) is 2.68. The van der Waals surface area contributed by atoms with Crippen LogP contribution < -0.4 is 0 Å². The second-order valence-electron chi connectivity index (χ2n) is 4.84. The molecule has 2 rings (SSSR count). The number of carbonyl (C=O) groups excluding carboxylic acids is 1. The first kappa shape index (κ1) is 10.5. The average Bonchev–Trinajstić information content (AvgIpc) is 2.45. The van der Waals surface area contributed by atoms with E-state index in [1.807, 2.05) is 11.0 Å². The highest BCUT2D eigenvalue weighted by Gasteiger charge is 2.44. The van der Waals surface area contributed by atoms with E-state index in [-0.39, 0.29) is 5.41 Å².